The number of aromatic nitrogens is 2. The fourth-order valence-electron chi connectivity index (χ4n) is 3.73. The highest BCUT2D eigenvalue weighted by molar-refractivity contribution is 7.89. The summed E-state index contributed by atoms with van der Waals surface area (Å²) >= 11 is 0. The molecule has 0 aromatic carbocycles. The average Bonchev–Trinajstić information content (AvgIpc) is 3.21. The highest BCUT2D eigenvalue weighted by Crippen LogP contribution is 2.31. The molecule has 0 saturated carbocycles. The molecule has 3 rings (SSSR count). The van der Waals surface area contributed by atoms with E-state index in [0.717, 1.165) is 19.3 Å². The fraction of sp³-hybridized carbons (Fsp3) is 0.778. The first-order chi connectivity index (χ1) is 13.1. The molecule has 2 saturated heterocycles. The van der Waals surface area contributed by atoms with Crippen LogP contribution in [0.25, 0.3) is 0 Å². The maximum atomic E-state index is 13.0. The Morgan fingerprint density at radius 2 is 2.07 bits per heavy atom. The SMILES string of the molecule is Cn1cnc(S(=O)(=O)N2C[C@H]([C@H]3CCCCO3)[C@@H](NC(=O)OC(C)(C)C)C2)c1. The Kier molecular flexibility index (Phi) is 6.02. The molecule has 1 aromatic rings. The smallest absolute Gasteiger partial charge is 0.407 e. The van der Waals surface area contributed by atoms with Crippen LogP contribution in [0.3, 0.4) is 0 Å². The summed E-state index contributed by atoms with van der Waals surface area (Å²) in [4.78, 5) is 16.3. The Morgan fingerprint density at radius 1 is 1.32 bits per heavy atom. The standard InChI is InChI=1S/C18H30N4O5S/c1-18(2,3)27-17(23)20-14-10-22(9-13(14)15-7-5-6-8-26-15)28(24,25)16-11-21(4)12-19-16/h11-15H,5-10H2,1-4H3,(H,20,23)/t13-,14-,15+/m0/s1. The number of aryl methyl sites for hydroxylation is 1. The van der Waals surface area contributed by atoms with Crippen LogP contribution in [0.4, 0.5) is 4.79 Å². The number of hydrogen-bond donors (Lipinski definition) is 1. The van der Waals surface area contributed by atoms with Crippen molar-refractivity contribution in [3.8, 4) is 0 Å². The number of sulfonamides is 1. The normalized spacial score (nSPS) is 26.9. The Hall–Kier alpha value is -1.65. The van der Waals surface area contributed by atoms with Crippen LogP contribution in [0.15, 0.2) is 17.6 Å². The van der Waals surface area contributed by atoms with Crippen LogP contribution in [0, 0.1) is 5.92 Å². The summed E-state index contributed by atoms with van der Waals surface area (Å²) in [5.74, 6) is -0.133. The molecule has 1 N–H and O–H groups in total. The minimum atomic E-state index is -3.74. The summed E-state index contributed by atoms with van der Waals surface area (Å²) in [6, 6.07) is -0.378. The molecular formula is C18H30N4O5S. The molecular weight excluding hydrogens is 384 g/mol. The molecule has 0 unspecified atom stereocenters. The van der Waals surface area contributed by atoms with Gasteiger partial charge in [-0.1, -0.05) is 0 Å². The van der Waals surface area contributed by atoms with Crippen LogP contribution in [-0.4, -0.2) is 65.8 Å². The van der Waals surface area contributed by atoms with Crippen molar-refractivity contribution < 1.29 is 22.7 Å². The molecule has 10 heteroatoms. The summed E-state index contributed by atoms with van der Waals surface area (Å²) in [5, 5.41) is 2.88. The molecule has 2 aliphatic rings. The third kappa shape index (κ3) is 4.84. The number of carbonyl (C=O) groups excluding carboxylic acids is 1. The molecule has 9 nitrogen and oxygen atoms in total. The highest BCUT2D eigenvalue weighted by atomic mass is 32.2. The third-order valence-corrected chi connectivity index (χ3v) is 6.73. The van der Waals surface area contributed by atoms with Crippen molar-refractivity contribution in [2.75, 3.05) is 19.7 Å². The number of carbonyl (C=O) groups is 1. The van der Waals surface area contributed by atoms with E-state index >= 15 is 0 Å². The van der Waals surface area contributed by atoms with Gasteiger partial charge in [-0.2, -0.15) is 4.31 Å². The van der Waals surface area contributed by atoms with Gasteiger partial charge in [0.1, 0.15) is 5.60 Å². The van der Waals surface area contributed by atoms with E-state index in [1.807, 2.05) is 0 Å². The van der Waals surface area contributed by atoms with Crippen LogP contribution in [0.5, 0.6) is 0 Å². The lowest BCUT2D eigenvalue weighted by atomic mass is 9.91. The van der Waals surface area contributed by atoms with Crippen molar-refractivity contribution in [3.63, 3.8) is 0 Å². The van der Waals surface area contributed by atoms with Crippen molar-refractivity contribution in [1.29, 1.82) is 0 Å². The monoisotopic (exact) mass is 414 g/mol. The number of hydrogen-bond acceptors (Lipinski definition) is 6. The zero-order valence-electron chi connectivity index (χ0n) is 16.9. The lowest BCUT2D eigenvalue weighted by molar-refractivity contribution is -0.0237. The molecule has 0 aliphatic carbocycles. The number of nitrogens with one attached hydrogen (secondary N) is 1. The zero-order chi connectivity index (χ0) is 20.5. The minimum absolute atomic E-state index is 0.0104. The molecule has 2 aliphatic heterocycles. The Balaban J connectivity index is 1.78. The Bertz CT molecular complexity index is 795. The van der Waals surface area contributed by atoms with Crippen molar-refractivity contribution in [1.82, 2.24) is 19.2 Å². The van der Waals surface area contributed by atoms with E-state index in [1.54, 1.807) is 32.4 Å². The van der Waals surface area contributed by atoms with E-state index in [2.05, 4.69) is 10.3 Å². The second-order valence-electron chi connectivity index (χ2n) is 8.52. The van der Waals surface area contributed by atoms with Gasteiger partial charge in [0.05, 0.1) is 18.5 Å². The van der Waals surface area contributed by atoms with Gasteiger partial charge in [-0.05, 0) is 40.0 Å². The van der Waals surface area contributed by atoms with E-state index in [9.17, 15) is 13.2 Å². The molecule has 1 aromatic heterocycles. The largest absolute Gasteiger partial charge is 0.444 e. The van der Waals surface area contributed by atoms with Crippen LogP contribution in [0.1, 0.15) is 40.0 Å². The molecule has 2 fully saturated rings. The number of rotatable bonds is 4. The second-order valence-corrected chi connectivity index (χ2v) is 10.4. The number of amides is 1. The van der Waals surface area contributed by atoms with Crippen LogP contribution in [0.2, 0.25) is 0 Å². The molecule has 0 radical (unpaired) electrons. The van der Waals surface area contributed by atoms with E-state index in [4.69, 9.17) is 9.47 Å². The van der Waals surface area contributed by atoms with Gasteiger partial charge in [0, 0.05) is 38.9 Å². The minimum Gasteiger partial charge on any atom is -0.444 e. The lowest BCUT2D eigenvalue weighted by Crippen LogP contribution is -2.47. The predicted octanol–water partition coefficient (Wildman–Crippen LogP) is 1.50. The third-order valence-electron chi connectivity index (χ3n) is 5.01. The van der Waals surface area contributed by atoms with E-state index < -0.39 is 21.7 Å². The van der Waals surface area contributed by atoms with E-state index in [1.165, 1.54) is 16.8 Å². The zero-order valence-corrected chi connectivity index (χ0v) is 17.7. The Labute approximate surface area is 166 Å². The maximum absolute atomic E-state index is 13.0. The van der Waals surface area contributed by atoms with Gasteiger partial charge in [-0.3, -0.25) is 0 Å². The number of imidazole rings is 1. The van der Waals surface area contributed by atoms with E-state index in [-0.39, 0.29) is 36.2 Å². The average molecular weight is 415 g/mol. The van der Waals surface area contributed by atoms with Gasteiger partial charge in [0.15, 0.2) is 5.03 Å². The quantitative estimate of drug-likeness (QED) is 0.801. The summed E-state index contributed by atoms with van der Waals surface area (Å²) in [7, 11) is -2.02. The first kappa shape index (κ1) is 21.1. The van der Waals surface area contributed by atoms with Gasteiger partial charge >= 0.3 is 6.09 Å². The summed E-state index contributed by atoms with van der Waals surface area (Å²) < 4.78 is 40.3. The van der Waals surface area contributed by atoms with Gasteiger partial charge in [-0.25, -0.2) is 18.2 Å². The lowest BCUT2D eigenvalue weighted by Gasteiger charge is -2.31. The van der Waals surface area contributed by atoms with Crippen molar-refractivity contribution in [2.45, 2.75) is 62.8 Å². The highest BCUT2D eigenvalue weighted by Gasteiger charge is 2.45. The van der Waals surface area contributed by atoms with Crippen molar-refractivity contribution >= 4 is 16.1 Å². The predicted molar refractivity (Wildman–Crippen MR) is 102 cm³/mol. The summed E-state index contributed by atoms with van der Waals surface area (Å²) in [6.45, 7) is 6.49. The Morgan fingerprint density at radius 3 is 2.64 bits per heavy atom. The number of alkyl carbamates (subject to hydrolysis) is 1. The molecule has 28 heavy (non-hydrogen) atoms. The van der Waals surface area contributed by atoms with Crippen molar-refractivity contribution in [3.05, 3.63) is 12.5 Å². The molecule has 3 heterocycles. The van der Waals surface area contributed by atoms with Gasteiger partial charge in [0.2, 0.25) is 0 Å². The summed E-state index contributed by atoms with van der Waals surface area (Å²) in [5.41, 5.74) is -0.626. The van der Waals surface area contributed by atoms with Crippen LogP contribution >= 0.6 is 0 Å². The molecule has 158 valence electrons. The summed E-state index contributed by atoms with van der Waals surface area (Å²) in [6.07, 6.45) is 5.20. The van der Waals surface area contributed by atoms with Gasteiger partial charge in [-0.15, -0.1) is 0 Å². The first-order valence-electron chi connectivity index (χ1n) is 9.65. The van der Waals surface area contributed by atoms with Gasteiger partial charge < -0.3 is 19.4 Å². The van der Waals surface area contributed by atoms with Crippen LogP contribution in [-0.2, 0) is 26.5 Å². The molecule has 0 bridgehead atoms. The molecule has 0 spiro atoms. The maximum Gasteiger partial charge on any atom is 0.407 e. The number of nitrogens with zero attached hydrogens (tertiary/aromatic N) is 3. The second kappa shape index (κ2) is 8.00. The van der Waals surface area contributed by atoms with E-state index in [0.29, 0.717) is 6.61 Å². The molecule has 1 amide bonds. The number of ether oxygens (including phenoxy) is 2. The topological polar surface area (TPSA) is 103 Å². The molecule has 3 atom stereocenters. The van der Waals surface area contributed by atoms with Gasteiger partial charge in [0.25, 0.3) is 10.0 Å². The van der Waals surface area contributed by atoms with Crippen molar-refractivity contribution in [2.24, 2.45) is 13.0 Å². The van der Waals surface area contributed by atoms with Crippen LogP contribution < -0.4 is 5.32 Å². The first-order valence-corrected chi connectivity index (χ1v) is 11.1. The fourth-order valence-corrected chi connectivity index (χ4v) is 5.20.